The van der Waals surface area contributed by atoms with Crippen LogP contribution in [0.5, 0.6) is 0 Å². The minimum atomic E-state index is -1.83. The maximum absolute atomic E-state index is 8.56. The molecule has 0 heterocycles. The summed E-state index contributed by atoms with van der Waals surface area (Å²) < 4.78 is 0. The zero-order valence-electron chi connectivity index (χ0n) is 7.72. The van der Waals surface area contributed by atoms with Gasteiger partial charge in [0.2, 0.25) is 0 Å². The second-order valence-corrected chi connectivity index (χ2v) is 0.283. The summed E-state index contributed by atoms with van der Waals surface area (Å²) in [6.45, 7) is 0. The third-order valence-electron chi connectivity index (χ3n) is 0. The van der Waals surface area contributed by atoms with Gasteiger partial charge in [0.15, 0.2) is 0 Å². The minimum Gasteiger partial charge on any atom is -1.00 e. The molecule has 6 heteroatoms. The second kappa shape index (κ2) is 15.7. The van der Waals surface area contributed by atoms with E-state index >= 15 is 0 Å². The van der Waals surface area contributed by atoms with Crippen LogP contribution in [0.2, 0.25) is 0 Å². The normalized spacial score (nSPS) is 3.43. The van der Waals surface area contributed by atoms with Gasteiger partial charge in [-0.3, -0.25) is 0 Å². The van der Waals surface area contributed by atoms with Crippen molar-refractivity contribution in [3.63, 3.8) is 0 Å². The van der Waals surface area contributed by atoms with Gasteiger partial charge in [-0.1, -0.05) is 0 Å². The van der Waals surface area contributed by atoms with Crippen molar-refractivity contribution in [2.75, 3.05) is 0 Å². The summed E-state index contributed by atoms with van der Waals surface area (Å²) in [7, 11) is 0. The first-order valence-corrected chi connectivity index (χ1v) is 0.651. The van der Waals surface area contributed by atoms with E-state index in [0.717, 1.165) is 0 Å². The topological polar surface area (TPSA) is 89.0 Å². The van der Waals surface area contributed by atoms with E-state index in [2.05, 4.69) is 0 Å². The van der Waals surface area contributed by atoms with Gasteiger partial charge in [-0.05, 0) is 0 Å². The fourth-order valence-electron chi connectivity index (χ4n) is 0. The van der Waals surface area contributed by atoms with Crippen molar-refractivity contribution in [2.45, 2.75) is 0 Å². The van der Waals surface area contributed by atoms with E-state index < -0.39 is 6.16 Å². The van der Waals surface area contributed by atoms with E-state index in [1.54, 1.807) is 0 Å². The summed E-state index contributed by atoms with van der Waals surface area (Å²) in [6, 6.07) is 0. The van der Waals surface area contributed by atoms with E-state index in [0.29, 0.717) is 0 Å². The van der Waals surface area contributed by atoms with Crippen molar-refractivity contribution in [3.8, 4) is 0 Å². The summed E-state index contributed by atoms with van der Waals surface area (Å²) >= 11 is 0. The van der Waals surface area contributed by atoms with Gasteiger partial charge in [-0.25, -0.2) is 4.79 Å². The third-order valence-corrected chi connectivity index (χ3v) is 0. The van der Waals surface area contributed by atoms with Crippen molar-refractivity contribution >= 4 is 81.6 Å². The largest absolute Gasteiger partial charge is 2.00 e. The van der Waals surface area contributed by atoms with Crippen LogP contribution in [0.25, 0.3) is 0 Å². The first-order chi connectivity index (χ1) is 1.73. The maximum Gasteiger partial charge on any atom is 2.00 e. The molecule has 0 aromatic heterocycles. The molecule has 0 aromatic rings. The van der Waals surface area contributed by atoms with Gasteiger partial charge in [-0.15, -0.1) is 0 Å². The third kappa shape index (κ3) is 83.7. The van der Waals surface area contributed by atoms with Crippen LogP contribution in [0.15, 0.2) is 0 Å². The summed E-state index contributed by atoms with van der Waals surface area (Å²) in [6.07, 6.45) is -1.83. The molecule has 0 atom stereocenters. The van der Waals surface area contributed by atoms with Crippen molar-refractivity contribution in [2.24, 2.45) is 0 Å². The Morgan fingerprint density at radius 1 is 1.29 bits per heavy atom. The molecule has 0 spiro atoms. The van der Waals surface area contributed by atoms with Gasteiger partial charge >= 0.3 is 81.6 Å². The Morgan fingerprint density at radius 2 is 1.29 bits per heavy atom. The van der Waals surface area contributed by atoms with E-state index in [-0.39, 0.29) is 86.7 Å². The molecule has 0 bridgehead atoms. The fourth-order valence-corrected chi connectivity index (χ4v) is 0. The molecule has 4 nitrogen and oxygen atoms in total. The standard InChI is InChI=1S/CH2O3.2Ca.H2O.4H/c2-1(3)4;;;;;;;/h(H2,2,3,4);;;1H2;;;;/q;2*+2;;4*-1. The molecule has 0 unspecified atom stereocenters. The Hall–Kier alpha value is 1.75. The Balaban J connectivity index is -0.00000000214. The van der Waals surface area contributed by atoms with Gasteiger partial charge in [-0.2, -0.15) is 0 Å². The monoisotopic (exact) mass is 164 g/mol. The summed E-state index contributed by atoms with van der Waals surface area (Å²) in [4.78, 5) is 8.56. The molecule has 0 amide bonds. The van der Waals surface area contributed by atoms with Crippen LogP contribution in [0.1, 0.15) is 5.71 Å². The Kier molecular flexibility index (Phi) is 52.1. The Bertz CT molecular complexity index is 43.1. The Morgan fingerprint density at radius 3 is 1.29 bits per heavy atom. The SMILES string of the molecule is O.O=C(O)O.[Ca+2].[Ca+2].[H-].[H-].[H-].[H-]. The zero-order chi connectivity index (χ0) is 3.58. The van der Waals surface area contributed by atoms with E-state index in [1.165, 1.54) is 0 Å². The molecule has 40 valence electrons. The van der Waals surface area contributed by atoms with Crippen LogP contribution >= 0.6 is 0 Å². The average Bonchev–Trinajstić information content (AvgIpc) is 0.811. The van der Waals surface area contributed by atoms with Gasteiger partial charge in [0.25, 0.3) is 0 Å². The number of hydrogen-bond donors (Lipinski definition) is 2. The van der Waals surface area contributed by atoms with E-state index in [4.69, 9.17) is 15.0 Å². The zero-order valence-corrected chi connectivity index (χ0v) is 8.13. The quantitative estimate of drug-likeness (QED) is 0.454. The molecule has 0 fully saturated rings. The van der Waals surface area contributed by atoms with Crippen LogP contribution < -0.4 is 0 Å². The van der Waals surface area contributed by atoms with Gasteiger partial charge in [0, 0.05) is 0 Å². The molecular weight excluding hydrogens is 156 g/mol. The molecule has 0 radical (unpaired) electrons. The molecule has 4 N–H and O–H groups in total. The number of carboxylic acid groups (broad SMARTS) is 2. The molecule has 0 aromatic carbocycles. The molecular formula is CH8Ca2O4. The van der Waals surface area contributed by atoms with E-state index in [1.807, 2.05) is 0 Å². The first-order valence-electron chi connectivity index (χ1n) is 0.651. The van der Waals surface area contributed by atoms with Crippen molar-refractivity contribution in [1.29, 1.82) is 0 Å². The van der Waals surface area contributed by atoms with E-state index in [9.17, 15) is 0 Å². The van der Waals surface area contributed by atoms with Crippen molar-refractivity contribution < 1.29 is 26.2 Å². The fraction of sp³-hybridized carbons (Fsp3) is 0. The summed E-state index contributed by atoms with van der Waals surface area (Å²) in [5, 5.41) is 13.9. The van der Waals surface area contributed by atoms with Crippen molar-refractivity contribution in [1.82, 2.24) is 0 Å². The van der Waals surface area contributed by atoms with Crippen LogP contribution in [0.3, 0.4) is 0 Å². The van der Waals surface area contributed by atoms with Crippen LogP contribution in [0, 0.1) is 0 Å². The van der Waals surface area contributed by atoms with Gasteiger partial charge < -0.3 is 21.4 Å². The molecule has 7 heavy (non-hydrogen) atoms. The predicted octanol–water partition coefficient (Wildman–Crippen LogP) is -0.914. The van der Waals surface area contributed by atoms with Crippen LogP contribution in [0.4, 0.5) is 4.79 Å². The van der Waals surface area contributed by atoms with Crippen molar-refractivity contribution in [3.05, 3.63) is 0 Å². The molecule has 0 saturated carbocycles. The van der Waals surface area contributed by atoms with Crippen LogP contribution in [-0.4, -0.2) is 97.3 Å². The molecule has 0 saturated heterocycles. The average molecular weight is 164 g/mol. The smallest absolute Gasteiger partial charge is 1.00 e. The summed E-state index contributed by atoms with van der Waals surface area (Å²) in [5.74, 6) is 0. The maximum atomic E-state index is 8.56. The second-order valence-electron chi connectivity index (χ2n) is 0.283. The van der Waals surface area contributed by atoms with Crippen LogP contribution in [-0.2, 0) is 0 Å². The number of rotatable bonds is 0. The number of hydrogen-bond acceptors (Lipinski definition) is 1. The number of carbonyl (C=O) groups is 1. The molecule has 0 aliphatic heterocycles. The molecule has 0 aliphatic rings. The predicted molar refractivity (Wildman–Crippen MR) is 30.2 cm³/mol. The molecule has 0 rings (SSSR count). The first kappa shape index (κ1) is 23.3. The van der Waals surface area contributed by atoms with Gasteiger partial charge in [0.05, 0.1) is 0 Å². The van der Waals surface area contributed by atoms with Gasteiger partial charge in [0.1, 0.15) is 0 Å². The minimum absolute atomic E-state index is 0. The Labute approximate surface area is 106 Å². The summed E-state index contributed by atoms with van der Waals surface area (Å²) in [5.41, 5.74) is 0. The molecule has 0 aliphatic carbocycles.